The van der Waals surface area contributed by atoms with Crippen molar-refractivity contribution < 1.29 is 14.3 Å². The Morgan fingerprint density at radius 1 is 1.14 bits per heavy atom. The summed E-state index contributed by atoms with van der Waals surface area (Å²) in [7, 11) is 0. The number of benzene rings is 2. The van der Waals surface area contributed by atoms with Gasteiger partial charge in [0, 0.05) is 17.0 Å². The number of nitrogens with zero attached hydrogens (tertiary/aromatic N) is 1. The van der Waals surface area contributed by atoms with Gasteiger partial charge in [-0.15, -0.1) is 11.3 Å². The number of hydrogen-bond acceptors (Lipinski definition) is 5. The van der Waals surface area contributed by atoms with Gasteiger partial charge in [-0.3, -0.25) is 10.1 Å². The summed E-state index contributed by atoms with van der Waals surface area (Å²) < 4.78 is 5.16. The van der Waals surface area contributed by atoms with Crippen LogP contribution < -0.4 is 5.32 Å². The minimum Gasteiger partial charge on any atom is -0.449 e. The fourth-order valence-electron chi connectivity index (χ4n) is 2.58. The SMILES string of the molecule is CCc1ccc(-c2csc(NC(=O)[C@@H](C)OC(=O)/C=C/c3ccccc3)n2)cc1. The summed E-state index contributed by atoms with van der Waals surface area (Å²) >= 11 is 1.33. The molecule has 0 spiro atoms. The molecule has 2 aromatic carbocycles. The first-order valence-electron chi connectivity index (χ1n) is 9.34. The summed E-state index contributed by atoms with van der Waals surface area (Å²) in [6.07, 6.45) is 3.00. The van der Waals surface area contributed by atoms with E-state index in [4.69, 9.17) is 4.74 Å². The number of aromatic nitrogens is 1. The van der Waals surface area contributed by atoms with Crippen LogP contribution in [0, 0.1) is 0 Å². The highest BCUT2D eigenvalue weighted by atomic mass is 32.1. The fraction of sp³-hybridized carbons (Fsp3) is 0.174. The normalized spacial score (nSPS) is 11.9. The molecule has 1 aromatic heterocycles. The molecule has 3 aromatic rings. The predicted octanol–water partition coefficient (Wildman–Crippen LogP) is 4.96. The standard InChI is InChI=1S/C23H22N2O3S/c1-3-17-9-12-19(13-10-17)20-15-29-23(24-20)25-22(27)16(2)28-21(26)14-11-18-7-5-4-6-8-18/h4-16H,3H2,1-2H3,(H,24,25,27)/b14-11+/t16-/m1/s1. The Hall–Kier alpha value is -3.25. The molecular formula is C23H22N2O3S. The summed E-state index contributed by atoms with van der Waals surface area (Å²) in [5.74, 6) is -0.999. The van der Waals surface area contributed by atoms with E-state index < -0.39 is 18.0 Å². The van der Waals surface area contributed by atoms with Gasteiger partial charge in [-0.05, 0) is 30.5 Å². The second-order valence-corrected chi connectivity index (χ2v) is 7.26. The molecule has 1 heterocycles. The van der Waals surface area contributed by atoms with Gasteiger partial charge in [-0.25, -0.2) is 9.78 Å². The Morgan fingerprint density at radius 2 is 1.86 bits per heavy atom. The highest BCUT2D eigenvalue weighted by Gasteiger charge is 2.18. The third-order valence-electron chi connectivity index (χ3n) is 4.27. The average Bonchev–Trinajstić information content (AvgIpc) is 3.21. The zero-order chi connectivity index (χ0) is 20.6. The van der Waals surface area contributed by atoms with Crippen LogP contribution in [-0.2, 0) is 20.7 Å². The van der Waals surface area contributed by atoms with E-state index in [0.29, 0.717) is 5.13 Å². The molecule has 148 valence electrons. The molecule has 1 atom stereocenters. The number of esters is 1. The van der Waals surface area contributed by atoms with Gasteiger partial charge < -0.3 is 4.74 Å². The topological polar surface area (TPSA) is 68.3 Å². The van der Waals surface area contributed by atoms with Crippen LogP contribution in [0.3, 0.4) is 0 Å². The Balaban J connectivity index is 1.54. The van der Waals surface area contributed by atoms with Crippen LogP contribution in [0.25, 0.3) is 17.3 Å². The second kappa shape index (κ2) is 9.80. The molecule has 5 nitrogen and oxygen atoms in total. The first kappa shape index (κ1) is 20.5. The lowest BCUT2D eigenvalue weighted by molar-refractivity contribution is -0.148. The van der Waals surface area contributed by atoms with E-state index in [1.165, 1.54) is 29.9 Å². The molecule has 29 heavy (non-hydrogen) atoms. The van der Waals surface area contributed by atoms with Crippen molar-refractivity contribution in [3.63, 3.8) is 0 Å². The van der Waals surface area contributed by atoms with E-state index >= 15 is 0 Å². The molecule has 0 fully saturated rings. The number of carbonyl (C=O) groups excluding carboxylic acids is 2. The zero-order valence-corrected chi connectivity index (χ0v) is 17.1. The lowest BCUT2D eigenvalue weighted by Crippen LogP contribution is -2.29. The van der Waals surface area contributed by atoms with E-state index in [-0.39, 0.29) is 0 Å². The number of thiazole rings is 1. The average molecular weight is 407 g/mol. The number of rotatable bonds is 7. The summed E-state index contributed by atoms with van der Waals surface area (Å²) in [6.45, 7) is 3.64. The maximum atomic E-state index is 12.3. The van der Waals surface area contributed by atoms with E-state index in [9.17, 15) is 9.59 Å². The molecule has 0 unspecified atom stereocenters. The minimum atomic E-state index is -0.931. The number of amides is 1. The van der Waals surface area contributed by atoms with Gasteiger partial charge in [-0.2, -0.15) is 0 Å². The van der Waals surface area contributed by atoms with Crippen molar-refractivity contribution in [3.8, 4) is 11.3 Å². The fourth-order valence-corrected chi connectivity index (χ4v) is 3.30. The molecular weight excluding hydrogens is 384 g/mol. The molecule has 0 saturated carbocycles. The lowest BCUT2D eigenvalue weighted by atomic mass is 10.1. The van der Waals surface area contributed by atoms with Gasteiger partial charge >= 0.3 is 5.97 Å². The Kier molecular flexibility index (Phi) is 6.92. The molecule has 0 bridgehead atoms. The molecule has 0 aliphatic rings. The number of aryl methyl sites for hydroxylation is 1. The van der Waals surface area contributed by atoms with Crippen LogP contribution in [0.4, 0.5) is 5.13 Å². The van der Waals surface area contributed by atoms with Gasteiger partial charge in [-0.1, -0.05) is 61.5 Å². The number of carbonyl (C=O) groups is 2. The summed E-state index contributed by atoms with van der Waals surface area (Å²) in [4.78, 5) is 28.7. The van der Waals surface area contributed by atoms with Crippen LogP contribution >= 0.6 is 11.3 Å². The van der Waals surface area contributed by atoms with Gasteiger partial charge in [0.15, 0.2) is 11.2 Å². The van der Waals surface area contributed by atoms with Crippen LogP contribution in [0.2, 0.25) is 0 Å². The number of anilines is 1. The molecule has 1 N–H and O–H groups in total. The minimum absolute atomic E-state index is 0.423. The quantitative estimate of drug-likeness (QED) is 0.445. The van der Waals surface area contributed by atoms with E-state index in [2.05, 4.69) is 29.4 Å². The van der Waals surface area contributed by atoms with Crippen molar-refractivity contribution in [2.75, 3.05) is 5.32 Å². The van der Waals surface area contributed by atoms with Crippen LogP contribution in [0.1, 0.15) is 25.0 Å². The van der Waals surface area contributed by atoms with Gasteiger partial charge in [0.1, 0.15) is 0 Å². The largest absolute Gasteiger partial charge is 0.449 e. The van der Waals surface area contributed by atoms with E-state index in [1.807, 2.05) is 47.8 Å². The van der Waals surface area contributed by atoms with Crippen LogP contribution in [-0.4, -0.2) is 23.0 Å². The first-order valence-corrected chi connectivity index (χ1v) is 10.2. The number of nitrogens with one attached hydrogen (secondary N) is 1. The van der Waals surface area contributed by atoms with Crippen molar-refractivity contribution in [2.45, 2.75) is 26.4 Å². The van der Waals surface area contributed by atoms with Crippen molar-refractivity contribution in [3.05, 3.63) is 77.2 Å². The molecule has 1 amide bonds. The number of ether oxygens (including phenoxy) is 1. The third kappa shape index (κ3) is 5.86. The Labute approximate surface area is 174 Å². The maximum absolute atomic E-state index is 12.3. The van der Waals surface area contributed by atoms with E-state index in [1.54, 1.807) is 6.08 Å². The summed E-state index contributed by atoms with van der Waals surface area (Å²) in [6, 6.07) is 17.6. The van der Waals surface area contributed by atoms with Gasteiger partial charge in [0.2, 0.25) is 0 Å². The highest BCUT2D eigenvalue weighted by molar-refractivity contribution is 7.14. The van der Waals surface area contributed by atoms with Crippen molar-refractivity contribution >= 4 is 34.4 Å². The van der Waals surface area contributed by atoms with Gasteiger partial charge in [0.25, 0.3) is 5.91 Å². The molecule has 0 aliphatic carbocycles. The smallest absolute Gasteiger partial charge is 0.331 e. The van der Waals surface area contributed by atoms with Crippen molar-refractivity contribution in [1.82, 2.24) is 4.98 Å². The summed E-state index contributed by atoms with van der Waals surface area (Å²) in [5, 5.41) is 5.05. The monoisotopic (exact) mass is 406 g/mol. The second-order valence-electron chi connectivity index (χ2n) is 6.40. The maximum Gasteiger partial charge on any atom is 0.331 e. The highest BCUT2D eigenvalue weighted by Crippen LogP contribution is 2.25. The van der Waals surface area contributed by atoms with Crippen LogP contribution in [0.5, 0.6) is 0 Å². The molecule has 3 rings (SSSR count). The Bertz CT molecular complexity index is 994. The zero-order valence-electron chi connectivity index (χ0n) is 16.3. The molecule has 0 saturated heterocycles. The predicted molar refractivity (Wildman–Crippen MR) is 117 cm³/mol. The molecule has 6 heteroatoms. The Morgan fingerprint density at radius 3 is 2.55 bits per heavy atom. The van der Waals surface area contributed by atoms with Crippen LogP contribution in [0.15, 0.2) is 66.1 Å². The lowest BCUT2D eigenvalue weighted by Gasteiger charge is -2.10. The third-order valence-corrected chi connectivity index (χ3v) is 5.02. The summed E-state index contributed by atoms with van der Waals surface area (Å²) in [5.41, 5.74) is 3.92. The molecule has 0 radical (unpaired) electrons. The molecule has 0 aliphatic heterocycles. The van der Waals surface area contributed by atoms with Crippen molar-refractivity contribution in [2.24, 2.45) is 0 Å². The number of hydrogen-bond donors (Lipinski definition) is 1. The first-order chi connectivity index (χ1) is 14.0. The van der Waals surface area contributed by atoms with Crippen molar-refractivity contribution in [1.29, 1.82) is 0 Å². The van der Waals surface area contributed by atoms with E-state index in [0.717, 1.165) is 23.2 Å². The van der Waals surface area contributed by atoms with Gasteiger partial charge in [0.05, 0.1) is 5.69 Å².